The minimum atomic E-state index is -1.25. The average molecular weight is 164 g/mol. The number of halogens is 1. The van der Waals surface area contributed by atoms with Crippen LogP contribution in [0.5, 0.6) is 0 Å². The molecule has 56 valence electrons. The van der Waals surface area contributed by atoms with Gasteiger partial charge in [-0.3, -0.25) is 4.79 Å². The van der Waals surface area contributed by atoms with Crippen molar-refractivity contribution in [2.75, 3.05) is 6.61 Å². The predicted octanol–water partition coefficient (Wildman–Crippen LogP) is 1.42. The van der Waals surface area contributed by atoms with Crippen LogP contribution >= 0.6 is 11.6 Å². The van der Waals surface area contributed by atoms with Crippen LogP contribution in [0.1, 0.15) is 6.92 Å². The molecule has 0 bridgehead atoms. The van der Waals surface area contributed by atoms with Crippen molar-refractivity contribution in [2.45, 2.75) is 12.4 Å². The van der Waals surface area contributed by atoms with Crippen LogP contribution in [0.4, 0.5) is 0 Å². The molecule has 0 aliphatic carbocycles. The van der Waals surface area contributed by atoms with Crippen molar-refractivity contribution in [3.8, 4) is 0 Å². The first kappa shape index (κ1) is 9.07. The Kier molecular flexibility index (Phi) is 4.45. The van der Waals surface area contributed by atoms with E-state index in [1.54, 1.807) is 6.92 Å². The second kappa shape index (κ2) is 4.90. The summed E-state index contributed by atoms with van der Waals surface area (Å²) in [7, 11) is 0. The van der Waals surface area contributed by atoms with Crippen LogP contribution < -0.4 is 0 Å². The lowest BCUT2D eigenvalue weighted by molar-refractivity contribution is -0.142. The minimum absolute atomic E-state index is 0.225. The van der Waals surface area contributed by atoms with E-state index in [-0.39, 0.29) is 6.61 Å². The summed E-state index contributed by atoms with van der Waals surface area (Å²) in [5, 5.41) is 2.91. The minimum Gasteiger partial charge on any atom is -0.465 e. The molecule has 1 unspecified atom stereocenters. The topological polar surface area (TPSA) is 75.1 Å². The highest BCUT2D eigenvalue weighted by Crippen LogP contribution is 2.00. The van der Waals surface area contributed by atoms with Crippen molar-refractivity contribution < 1.29 is 9.53 Å². The van der Waals surface area contributed by atoms with E-state index < -0.39 is 11.5 Å². The van der Waals surface area contributed by atoms with Gasteiger partial charge in [-0.15, -0.1) is 11.6 Å². The van der Waals surface area contributed by atoms with E-state index >= 15 is 0 Å². The second-order valence-electron chi connectivity index (χ2n) is 1.29. The Bertz CT molecular complexity index is 166. The third-order valence-electron chi connectivity index (χ3n) is 0.634. The Morgan fingerprint density at radius 2 is 2.60 bits per heavy atom. The van der Waals surface area contributed by atoms with Gasteiger partial charge in [0.25, 0.3) is 0 Å². The zero-order valence-electron chi connectivity index (χ0n) is 5.32. The van der Waals surface area contributed by atoms with Crippen LogP contribution in [0.15, 0.2) is 5.11 Å². The average Bonchev–Trinajstić information content (AvgIpc) is 1.89. The van der Waals surface area contributed by atoms with Gasteiger partial charge in [0.15, 0.2) is 0 Å². The Balaban J connectivity index is 3.81. The number of alkyl halides is 1. The van der Waals surface area contributed by atoms with E-state index in [0.29, 0.717) is 0 Å². The molecule has 0 amide bonds. The number of carbonyl (C=O) groups excluding carboxylic acids is 1. The van der Waals surface area contributed by atoms with Gasteiger partial charge in [-0.05, 0) is 12.5 Å². The number of hydrogen-bond acceptors (Lipinski definition) is 3. The van der Waals surface area contributed by atoms with Gasteiger partial charge in [0, 0.05) is 4.91 Å². The molecule has 0 aliphatic heterocycles. The fourth-order valence-corrected chi connectivity index (χ4v) is 0.406. The first-order chi connectivity index (χ1) is 4.72. The maximum atomic E-state index is 10.5. The van der Waals surface area contributed by atoms with E-state index in [1.165, 1.54) is 0 Å². The van der Waals surface area contributed by atoms with Gasteiger partial charge in [-0.25, -0.2) is 0 Å². The smallest absolute Gasteiger partial charge is 0.330 e. The quantitative estimate of drug-likeness (QED) is 0.158. The summed E-state index contributed by atoms with van der Waals surface area (Å²) in [6.45, 7) is 1.86. The molecule has 0 aromatic heterocycles. The highest BCUT2D eigenvalue weighted by atomic mass is 35.5. The molecule has 0 aromatic rings. The Labute approximate surface area is 62.5 Å². The molecule has 0 aliphatic rings. The number of carbonyl (C=O) groups is 1. The first-order valence-corrected chi connectivity index (χ1v) is 3.01. The van der Waals surface area contributed by atoms with Crippen LogP contribution in [-0.4, -0.2) is 18.1 Å². The Hall–Kier alpha value is -0.930. The number of ether oxygens (including phenoxy) is 1. The summed E-state index contributed by atoms with van der Waals surface area (Å²) in [5.41, 5.74) is 6.57. The van der Waals surface area contributed by atoms with Gasteiger partial charge >= 0.3 is 5.97 Å². The fraction of sp³-hybridized carbons (Fsp3) is 0.750. The Morgan fingerprint density at radius 3 is 3.00 bits per heavy atom. The molecule has 0 saturated carbocycles. The molecule has 0 radical (unpaired) electrons. The standard InChI is InChI=1S/C4H6ClN3O2/c1-2-10-4(9)3(5)7-8-6/h3H,2H2,1H3. The summed E-state index contributed by atoms with van der Waals surface area (Å²) >= 11 is 5.22. The highest BCUT2D eigenvalue weighted by Gasteiger charge is 2.12. The van der Waals surface area contributed by atoms with Crippen LogP contribution in [0.3, 0.4) is 0 Å². The zero-order chi connectivity index (χ0) is 7.98. The second-order valence-corrected chi connectivity index (χ2v) is 1.71. The maximum absolute atomic E-state index is 10.5. The van der Waals surface area contributed by atoms with Gasteiger partial charge in [0.1, 0.15) is 0 Å². The lowest BCUT2D eigenvalue weighted by Crippen LogP contribution is -2.14. The number of azide groups is 1. The van der Waals surface area contributed by atoms with Crippen molar-refractivity contribution in [1.82, 2.24) is 0 Å². The van der Waals surface area contributed by atoms with E-state index in [0.717, 1.165) is 0 Å². The van der Waals surface area contributed by atoms with Crippen LogP contribution in [0.2, 0.25) is 0 Å². The summed E-state index contributed by atoms with van der Waals surface area (Å²) in [4.78, 5) is 12.8. The van der Waals surface area contributed by atoms with Gasteiger partial charge in [0.05, 0.1) is 6.61 Å². The molecular weight excluding hydrogens is 158 g/mol. The molecule has 0 N–H and O–H groups in total. The number of rotatable bonds is 3. The maximum Gasteiger partial charge on any atom is 0.330 e. The largest absolute Gasteiger partial charge is 0.465 e. The fourth-order valence-electron chi connectivity index (χ4n) is 0.304. The van der Waals surface area contributed by atoms with Gasteiger partial charge in [-0.2, -0.15) is 0 Å². The van der Waals surface area contributed by atoms with Crippen LogP contribution in [0.25, 0.3) is 10.4 Å². The molecule has 0 heterocycles. The molecule has 0 saturated heterocycles. The lowest BCUT2D eigenvalue weighted by Gasteiger charge is -2.00. The SMILES string of the molecule is CCOC(=O)C(Cl)N=[N+]=[N-]. The third kappa shape index (κ3) is 3.17. The molecule has 0 spiro atoms. The monoisotopic (exact) mass is 163 g/mol. The van der Waals surface area contributed by atoms with E-state index in [1.807, 2.05) is 0 Å². The summed E-state index contributed by atoms with van der Waals surface area (Å²) in [6.07, 6.45) is 0. The van der Waals surface area contributed by atoms with Crippen molar-refractivity contribution >= 4 is 17.6 Å². The molecule has 6 heteroatoms. The van der Waals surface area contributed by atoms with Gasteiger partial charge in [-0.1, -0.05) is 5.11 Å². The van der Waals surface area contributed by atoms with Crippen LogP contribution in [0, 0.1) is 0 Å². The van der Waals surface area contributed by atoms with Crippen molar-refractivity contribution in [3.63, 3.8) is 0 Å². The predicted molar refractivity (Wildman–Crippen MR) is 35.4 cm³/mol. The molecule has 10 heavy (non-hydrogen) atoms. The van der Waals surface area contributed by atoms with Crippen molar-refractivity contribution in [2.24, 2.45) is 5.11 Å². The number of esters is 1. The van der Waals surface area contributed by atoms with E-state index in [4.69, 9.17) is 17.1 Å². The molecule has 0 aromatic carbocycles. The summed E-state index contributed by atoms with van der Waals surface area (Å²) in [6, 6.07) is 0. The molecular formula is C4H6ClN3O2. The first-order valence-electron chi connectivity index (χ1n) is 2.57. The van der Waals surface area contributed by atoms with E-state index in [2.05, 4.69) is 14.8 Å². The molecule has 0 fully saturated rings. The normalized spacial score (nSPS) is 11.4. The molecule has 0 rings (SSSR count). The van der Waals surface area contributed by atoms with E-state index in [9.17, 15) is 4.79 Å². The highest BCUT2D eigenvalue weighted by molar-refractivity contribution is 6.29. The van der Waals surface area contributed by atoms with Gasteiger partial charge < -0.3 is 4.74 Å². The molecule has 5 nitrogen and oxygen atoms in total. The summed E-state index contributed by atoms with van der Waals surface area (Å²) < 4.78 is 4.42. The Morgan fingerprint density at radius 1 is 2.00 bits per heavy atom. The van der Waals surface area contributed by atoms with Crippen molar-refractivity contribution in [3.05, 3.63) is 10.4 Å². The third-order valence-corrected chi connectivity index (χ3v) is 0.900. The number of hydrogen-bond donors (Lipinski definition) is 0. The summed E-state index contributed by atoms with van der Waals surface area (Å²) in [5.74, 6) is -0.720. The zero-order valence-corrected chi connectivity index (χ0v) is 6.08. The number of nitrogens with zero attached hydrogens (tertiary/aromatic N) is 3. The van der Waals surface area contributed by atoms with Gasteiger partial charge in [0.2, 0.25) is 5.50 Å². The van der Waals surface area contributed by atoms with Crippen molar-refractivity contribution in [1.29, 1.82) is 0 Å². The molecule has 1 atom stereocenters. The van der Waals surface area contributed by atoms with Crippen LogP contribution in [-0.2, 0) is 9.53 Å². The lowest BCUT2D eigenvalue weighted by atomic mass is 10.7.